The number of nitrogens with zero attached hydrogens (tertiary/aromatic N) is 3. The summed E-state index contributed by atoms with van der Waals surface area (Å²) in [6.07, 6.45) is 8.26. The highest BCUT2D eigenvalue weighted by Gasteiger charge is 2.21. The summed E-state index contributed by atoms with van der Waals surface area (Å²) in [4.78, 5) is 17.5. The fourth-order valence-electron chi connectivity index (χ4n) is 4.86. The Labute approximate surface area is 162 Å². The Morgan fingerprint density at radius 1 is 0.815 bits per heavy atom. The second-order valence-electron chi connectivity index (χ2n) is 8.38. The van der Waals surface area contributed by atoms with E-state index in [1.165, 1.54) is 64.8 Å². The van der Waals surface area contributed by atoms with E-state index in [2.05, 4.69) is 21.9 Å². The van der Waals surface area contributed by atoms with Crippen LogP contribution in [-0.4, -0.2) is 53.6 Å². The maximum absolute atomic E-state index is 12.3. The molecule has 0 bridgehead atoms. The predicted octanol–water partition coefficient (Wildman–Crippen LogP) is 3.59. The zero-order valence-corrected chi connectivity index (χ0v) is 16.5. The molecule has 27 heavy (non-hydrogen) atoms. The minimum absolute atomic E-state index is 0.117. The van der Waals surface area contributed by atoms with Crippen LogP contribution in [0.5, 0.6) is 0 Å². The molecule has 0 radical (unpaired) electrons. The standard InChI is InChI=1S/C23H33N3O/c27-23-12-11-21-9-4-5-10-22(21)26(23)14-6-13-24-15-17-25(18-16-24)19-20-7-2-1-3-8-20/h4-5,9-12,20H,1-3,6-8,13-19H2. The van der Waals surface area contributed by atoms with E-state index < -0.39 is 0 Å². The second-order valence-corrected chi connectivity index (χ2v) is 8.38. The van der Waals surface area contributed by atoms with Crippen molar-refractivity contribution < 1.29 is 0 Å². The molecular weight excluding hydrogens is 334 g/mol. The number of piperazine rings is 1. The van der Waals surface area contributed by atoms with Gasteiger partial charge in [-0.1, -0.05) is 37.5 Å². The molecule has 0 spiro atoms. The molecule has 0 atom stereocenters. The molecule has 0 N–H and O–H groups in total. The van der Waals surface area contributed by atoms with Gasteiger partial charge in [0.2, 0.25) is 0 Å². The van der Waals surface area contributed by atoms with E-state index in [4.69, 9.17) is 0 Å². The third-order valence-electron chi connectivity index (χ3n) is 6.46. The highest BCUT2D eigenvalue weighted by atomic mass is 16.1. The summed E-state index contributed by atoms with van der Waals surface area (Å²) in [5.74, 6) is 0.948. The van der Waals surface area contributed by atoms with Crippen LogP contribution in [0, 0.1) is 5.92 Å². The molecule has 2 fully saturated rings. The Morgan fingerprint density at radius 3 is 2.37 bits per heavy atom. The number of aryl methyl sites for hydroxylation is 1. The van der Waals surface area contributed by atoms with Crippen LogP contribution in [-0.2, 0) is 6.54 Å². The first-order chi connectivity index (χ1) is 13.3. The number of hydrogen-bond donors (Lipinski definition) is 0. The van der Waals surface area contributed by atoms with E-state index in [-0.39, 0.29) is 5.56 Å². The summed E-state index contributed by atoms with van der Waals surface area (Å²) in [6, 6.07) is 11.8. The summed E-state index contributed by atoms with van der Waals surface area (Å²) in [5.41, 5.74) is 1.17. The van der Waals surface area contributed by atoms with Gasteiger partial charge < -0.3 is 14.4 Å². The molecule has 2 aliphatic rings. The highest BCUT2D eigenvalue weighted by Crippen LogP contribution is 2.24. The molecule has 2 heterocycles. The van der Waals surface area contributed by atoms with Gasteiger partial charge in [-0.2, -0.15) is 0 Å². The molecule has 1 saturated heterocycles. The van der Waals surface area contributed by atoms with Crippen molar-refractivity contribution in [2.75, 3.05) is 39.3 Å². The van der Waals surface area contributed by atoms with Crippen molar-refractivity contribution >= 4 is 10.9 Å². The van der Waals surface area contributed by atoms with Crippen LogP contribution in [0.2, 0.25) is 0 Å². The van der Waals surface area contributed by atoms with Crippen molar-refractivity contribution in [1.29, 1.82) is 0 Å². The van der Waals surface area contributed by atoms with Crippen LogP contribution in [0.4, 0.5) is 0 Å². The van der Waals surface area contributed by atoms with Crippen molar-refractivity contribution in [2.45, 2.75) is 45.1 Å². The minimum atomic E-state index is 0.117. The lowest BCUT2D eigenvalue weighted by molar-refractivity contribution is 0.108. The predicted molar refractivity (Wildman–Crippen MR) is 112 cm³/mol. The van der Waals surface area contributed by atoms with Gasteiger partial charge in [-0.05, 0) is 49.2 Å². The number of aromatic nitrogens is 1. The summed E-state index contributed by atoms with van der Waals surface area (Å²) in [5, 5.41) is 1.15. The van der Waals surface area contributed by atoms with E-state index in [1.807, 2.05) is 22.8 Å². The second kappa shape index (κ2) is 9.03. The molecule has 4 rings (SSSR count). The Kier molecular flexibility index (Phi) is 6.25. The first kappa shape index (κ1) is 18.7. The third-order valence-corrected chi connectivity index (χ3v) is 6.46. The molecule has 1 aromatic heterocycles. The van der Waals surface area contributed by atoms with E-state index in [1.54, 1.807) is 6.07 Å². The fourth-order valence-corrected chi connectivity index (χ4v) is 4.86. The first-order valence-electron chi connectivity index (χ1n) is 10.8. The molecule has 4 heteroatoms. The van der Waals surface area contributed by atoms with Crippen LogP contribution in [0.15, 0.2) is 41.2 Å². The maximum atomic E-state index is 12.3. The molecular formula is C23H33N3O. The van der Waals surface area contributed by atoms with Crippen molar-refractivity contribution in [3.63, 3.8) is 0 Å². The van der Waals surface area contributed by atoms with Gasteiger partial charge in [0, 0.05) is 45.3 Å². The molecule has 0 amide bonds. The SMILES string of the molecule is O=c1ccc2ccccc2n1CCCN1CCN(CC2CCCCC2)CC1. The number of fused-ring (bicyclic) bond motifs is 1. The van der Waals surface area contributed by atoms with Crippen LogP contribution in [0.1, 0.15) is 38.5 Å². The monoisotopic (exact) mass is 367 g/mol. The van der Waals surface area contributed by atoms with Gasteiger partial charge in [0.15, 0.2) is 0 Å². The Balaban J connectivity index is 1.24. The summed E-state index contributed by atoms with van der Waals surface area (Å²) < 4.78 is 1.94. The van der Waals surface area contributed by atoms with Gasteiger partial charge in [-0.15, -0.1) is 0 Å². The van der Waals surface area contributed by atoms with Crippen LogP contribution in [0.3, 0.4) is 0 Å². The number of pyridine rings is 1. The first-order valence-corrected chi connectivity index (χ1v) is 10.8. The fraction of sp³-hybridized carbons (Fsp3) is 0.609. The van der Waals surface area contributed by atoms with Gasteiger partial charge in [0.25, 0.3) is 5.56 Å². The number of benzene rings is 1. The van der Waals surface area contributed by atoms with Crippen LogP contribution < -0.4 is 5.56 Å². The van der Waals surface area contributed by atoms with Gasteiger partial charge in [0.1, 0.15) is 0 Å². The normalized spacial score (nSPS) is 20.3. The average Bonchev–Trinajstić information content (AvgIpc) is 2.72. The average molecular weight is 368 g/mol. The van der Waals surface area contributed by atoms with Gasteiger partial charge in [-0.3, -0.25) is 4.79 Å². The van der Waals surface area contributed by atoms with E-state index in [0.717, 1.165) is 36.3 Å². The summed E-state index contributed by atoms with van der Waals surface area (Å²) in [7, 11) is 0. The Hall–Kier alpha value is -1.65. The summed E-state index contributed by atoms with van der Waals surface area (Å²) in [6.45, 7) is 8.00. The zero-order valence-electron chi connectivity index (χ0n) is 16.5. The third kappa shape index (κ3) is 4.80. The lowest BCUT2D eigenvalue weighted by Gasteiger charge is -2.37. The van der Waals surface area contributed by atoms with Crippen LogP contribution >= 0.6 is 0 Å². The largest absolute Gasteiger partial charge is 0.308 e. The van der Waals surface area contributed by atoms with Crippen molar-refractivity contribution in [3.05, 3.63) is 46.8 Å². The van der Waals surface area contributed by atoms with Crippen molar-refractivity contribution in [3.8, 4) is 0 Å². The van der Waals surface area contributed by atoms with E-state index >= 15 is 0 Å². The van der Waals surface area contributed by atoms with Gasteiger partial charge >= 0.3 is 0 Å². The topological polar surface area (TPSA) is 28.5 Å². The lowest BCUT2D eigenvalue weighted by atomic mass is 9.89. The molecule has 1 aromatic carbocycles. The molecule has 1 aliphatic heterocycles. The maximum Gasteiger partial charge on any atom is 0.251 e. The van der Waals surface area contributed by atoms with E-state index in [0.29, 0.717) is 0 Å². The van der Waals surface area contributed by atoms with Crippen molar-refractivity contribution in [2.24, 2.45) is 5.92 Å². The Bertz CT molecular complexity index is 786. The molecule has 0 unspecified atom stereocenters. The van der Waals surface area contributed by atoms with Gasteiger partial charge in [-0.25, -0.2) is 0 Å². The van der Waals surface area contributed by atoms with E-state index in [9.17, 15) is 4.79 Å². The molecule has 146 valence electrons. The van der Waals surface area contributed by atoms with Crippen LogP contribution in [0.25, 0.3) is 10.9 Å². The zero-order chi connectivity index (χ0) is 18.5. The summed E-state index contributed by atoms with van der Waals surface area (Å²) >= 11 is 0. The molecule has 2 aromatic rings. The lowest BCUT2D eigenvalue weighted by Crippen LogP contribution is -2.48. The number of para-hydroxylation sites is 1. The smallest absolute Gasteiger partial charge is 0.251 e. The molecule has 4 nitrogen and oxygen atoms in total. The quantitative estimate of drug-likeness (QED) is 0.781. The molecule has 1 aliphatic carbocycles. The Morgan fingerprint density at radius 2 is 1.56 bits per heavy atom. The molecule has 1 saturated carbocycles. The highest BCUT2D eigenvalue weighted by molar-refractivity contribution is 5.78. The van der Waals surface area contributed by atoms with Gasteiger partial charge in [0.05, 0.1) is 5.52 Å². The number of rotatable bonds is 6. The number of hydrogen-bond acceptors (Lipinski definition) is 3. The van der Waals surface area contributed by atoms with Crippen molar-refractivity contribution in [1.82, 2.24) is 14.4 Å². The minimum Gasteiger partial charge on any atom is -0.308 e.